The number of hydrazone groups is 1. The molecular formula is C20H15N5O3S2. The van der Waals surface area contributed by atoms with Gasteiger partial charge in [0.25, 0.3) is 11.1 Å². The Labute approximate surface area is 179 Å². The van der Waals surface area contributed by atoms with Gasteiger partial charge in [0.15, 0.2) is 0 Å². The molecule has 0 fully saturated rings. The van der Waals surface area contributed by atoms with E-state index in [1.807, 2.05) is 35.7 Å². The molecule has 0 saturated heterocycles. The predicted molar refractivity (Wildman–Crippen MR) is 112 cm³/mol. The molecule has 0 spiro atoms. The Morgan fingerprint density at radius 2 is 2.20 bits per heavy atom. The molecule has 4 aromatic rings. The van der Waals surface area contributed by atoms with Crippen LogP contribution in [0.25, 0.3) is 11.5 Å². The second-order valence-electron chi connectivity index (χ2n) is 6.40. The quantitative estimate of drug-likeness (QED) is 0.416. The fraction of sp³-hybridized carbons (Fsp3) is 0.150. The number of carbonyl (C=O) groups is 1. The Hall–Kier alpha value is -3.24. The highest BCUT2D eigenvalue weighted by atomic mass is 32.2. The molecule has 0 unspecified atom stereocenters. The monoisotopic (exact) mass is 437 g/mol. The Bertz CT molecular complexity index is 1160. The van der Waals surface area contributed by atoms with Crippen molar-refractivity contribution in [3.63, 3.8) is 0 Å². The number of aromatic nitrogens is 3. The molecule has 5 heterocycles. The summed E-state index contributed by atoms with van der Waals surface area (Å²) in [5, 5.41) is 16.5. The number of amides is 1. The number of pyridine rings is 1. The van der Waals surface area contributed by atoms with E-state index < -0.39 is 0 Å². The zero-order valence-corrected chi connectivity index (χ0v) is 17.2. The van der Waals surface area contributed by atoms with Gasteiger partial charge in [-0.05, 0) is 35.7 Å². The van der Waals surface area contributed by atoms with Crippen LogP contribution in [0.5, 0.6) is 0 Å². The van der Waals surface area contributed by atoms with Crippen molar-refractivity contribution < 1.29 is 13.6 Å². The molecule has 1 aliphatic heterocycles. The highest BCUT2D eigenvalue weighted by Crippen LogP contribution is 2.36. The number of hydrogen-bond acceptors (Lipinski definition) is 9. The zero-order chi connectivity index (χ0) is 20.3. The van der Waals surface area contributed by atoms with E-state index in [1.54, 1.807) is 36.1 Å². The van der Waals surface area contributed by atoms with Crippen LogP contribution in [0.4, 0.5) is 0 Å². The Morgan fingerprint density at radius 3 is 2.97 bits per heavy atom. The normalized spacial score (nSPS) is 16.1. The topological polar surface area (TPSA) is 97.6 Å². The fourth-order valence-electron chi connectivity index (χ4n) is 3.10. The molecule has 10 heteroatoms. The molecular weight excluding hydrogens is 422 g/mol. The minimum Gasteiger partial charge on any atom is -0.463 e. The van der Waals surface area contributed by atoms with Crippen molar-refractivity contribution in [2.24, 2.45) is 5.10 Å². The number of furan rings is 1. The molecule has 0 aliphatic carbocycles. The van der Waals surface area contributed by atoms with Crippen LogP contribution in [0.1, 0.15) is 23.1 Å². The van der Waals surface area contributed by atoms with E-state index in [0.717, 1.165) is 16.2 Å². The number of thioether (sulfide) groups is 1. The SMILES string of the molecule is O=C(CSc1nnc(-c2cccnc2)o1)N1N=C(c2ccco2)C[C@H]1c1cccs1. The van der Waals surface area contributed by atoms with Gasteiger partial charge in [-0.25, -0.2) is 5.01 Å². The van der Waals surface area contributed by atoms with Crippen LogP contribution in [0.3, 0.4) is 0 Å². The standard InChI is InChI=1S/C20H15N5O3S2/c26-18(12-30-20-23-22-19(28-20)13-4-1-7-21-11-13)25-15(17-6-3-9-29-17)10-14(24-25)16-5-2-8-27-16/h1-9,11,15H,10,12H2/t15-/m0/s1. The van der Waals surface area contributed by atoms with Crippen LogP contribution in [-0.2, 0) is 4.79 Å². The smallest absolute Gasteiger partial charge is 0.277 e. The average molecular weight is 438 g/mol. The summed E-state index contributed by atoms with van der Waals surface area (Å²) in [7, 11) is 0. The third-order valence-corrected chi connectivity index (χ3v) is 6.25. The number of rotatable bonds is 6. The Balaban J connectivity index is 1.31. The van der Waals surface area contributed by atoms with Crippen LogP contribution < -0.4 is 0 Å². The second-order valence-corrected chi connectivity index (χ2v) is 8.31. The van der Waals surface area contributed by atoms with Gasteiger partial charge in [-0.3, -0.25) is 9.78 Å². The molecule has 8 nitrogen and oxygen atoms in total. The average Bonchev–Trinajstić information content (AvgIpc) is 3.57. The van der Waals surface area contributed by atoms with Crippen LogP contribution in [0.2, 0.25) is 0 Å². The van der Waals surface area contributed by atoms with Gasteiger partial charge in [-0.15, -0.1) is 21.5 Å². The first-order valence-electron chi connectivity index (χ1n) is 9.11. The van der Waals surface area contributed by atoms with Gasteiger partial charge in [-0.1, -0.05) is 17.8 Å². The molecule has 1 atom stereocenters. The maximum absolute atomic E-state index is 13.0. The zero-order valence-electron chi connectivity index (χ0n) is 15.5. The first kappa shape index (κ1) is 18.8. The van der Waals surface area contributed by atoms with Gasteiger partial charge in [0.05, 0.1) is 23.6 Å². The van der Waals surface area contributed by atoms with E-state index in [4.69, 9.17) is 8.83 Å². The third-order valence-electron chi connectivity index (χ3n) is 4.48. The first-order chi connectivity index (χ1) is 14.8. The molecule has 5 rings (SSSR count). The Morgan fingerprint density at radius 1 is 1.23 bits per heavy atom. The lowest BCUT2D eigenvalue weighted by atomic mass is 10.1. The van der Waals surface area contributed by atoms with Crippen molar-refractivity contribution in [1.82, 2.24) is 20.2 Å². The van der Waals surface area contributed by atoms with Crippen molar-refractivity contribution in [3.8, 4) is 11.5 Å². The van der Waals surface area contributed by atoms with Crippen LogP contribution in [0, 0.1) is 0 Å². The number of nitrogens with zero attached hydrogens (tertiary/aromatic N) is 5. The summed E-state index contributed by atoms with van der Waals surface area (Å²) < 4.78 is 11.1. The largest absolute Gasteiger partial charge is 0.463 e. The maximum Gasteiger partial charge on any atom is 0.277 e. The van der Waals surface area contributed by atoms with Crippen LogP contribution in [-0.4, -0.2) is 37.6 Å². The van der Waals surface area contributed by atoms with Gasteiger partial charge < -0.3 is 8.83 Å². The van der Waals surface area contributed by atoms with Gasteiger partial charge in [0, 0.05) is 23.7 Å². The highest BCUT2D eigenvalue weighted by Gasteiger charge is 2.34. The summed E-state index contributed by atoms with van der Waals surface area (Å²) in [5.74, 6) is 1.04. The lowest BCUT2D eigenvalue weighted by Crippen LogP contribution is -2.28. The summed E-state index contributed by atoms with van der Waals surface area (Å²) in [6, 6.07) is 11.1. The minimum atomic E-state index is -0.146. The van der Waals surface area contributed by atoms with Crippen molar-refractivity contribution >= 4 is 34.7 Å². The molecule has 0 N–H and O–H groups in total. The number of hydrogen-bond donors (Lipinski definition) is 0. The van der Waals surface area contributed by atoms with Gasteiger partial charge >= 0.3 is 0 Å². The summed E-state index contributed by atoms with van der Waals surface area (Å²) in [6.45, 7) is 0. The summed E-state index contributed by atoms with van der Waals surface area (Å²) >= 11 is 2.79. The van der Waals surface area contributed by atoms with Gasteiger partial charge in [0.1, 0.15) is 11.5 Å². The molecule has 0 radical (unpaired) electrons. The highest BCUT2D eigenvalue weighted by molar-refractivity contribution is 7.99. The first-order valence-corrected chi connectivity index (χ1v) is 11.0. The lowest BCUT2D eigenvalue weighted by Gasteiger charge is -2.20. The van der Waals surface area contributed by atoms with Crippen molar-refractivity contribution in [2.75, 3.05) is 5.75 Å². The molecule has 1 amide bonds. The predicted octanol–water partition coefficient (Wildman–Crippen LogP) is 4.26. The van der Waals surface area contributed by atoms with Gasteiger partial charge in [0.2, 0.25) is 5.89 Å². The molecule has 0 saturated carbocycles. The molecule has 150 valence electrons. The van der Waals surface area contributed by atoms with Crippen molar-refractivity contribution in [2.45, 2.75) is 17.7 Å². The number of carbonyl (C=O) groups excluding carboxylic acids is 1. The lowest BCUT2D eigenvalue weighted by molar-refractivity contribution is -0.130. The summed E-state index contributed by atoms with van der Waals surface area (Å²) in [6.07, 6.45) is 5.53. The summed E-state index contributed by atoms with van der Waals surface area (Å²) in [5.41, 5.74) is 1.49. The van der Waals surface area contributed by atoms with Crippen molar-refractivity contribution in [3.05, 3.63) is 71.1 Å². The Kier molecular flexibility index (Phi) is 5.16. The van der Waals surface area contributed by atoms with Gasteiger partial charge in [-0.2, -0.15) is 5.10 Å². The van der Waals surface area contributed by atoms with Crippen LogP contribution in [0.15, 0.2) is 79.6 Å². The molecule has 30 heavy (non-hydrogen) atoms. The van der Waals surface area contributed by atoms with E-state index in [9.17, 15) is 4.79 Å². The van der Waals surface area contributed by atoms with E-state index in [2.05, 4.69) is 20.3 Å². The number of thiophene rings is 1. The van der Waals surface area contributed by atoms with E-state index in [-0.39, 0.29) is 17.7 Å². The molecule has 0 bridgehead atoms. The second kappa shape index (κ2) is 8.25. The van der Waals surface area contributed by atoms with E-state index in [1.165, 1.54) is 16.8 Å². The third kappa shape index (κ3) is 3.79. The fourth-order valence-corrected chi connectivity index (χ4v) is 4.53. The summed E-state index contributed by atoms with van der Waals surface area (Å²) in [4.78, 5) is 18.1. The van der Waals surface area contributed by atoms with Crippen LogP contribution >= 0.6 is 23.1 Å². The van der Waals surface area contributed by atoms with Crippen molar-refractivity contribution in [1.29, 1.82) is 0 Å². The van der Waals surface area contributed by atoms with E-state index >= 15 is 0 Å². The maximum atomic E-state index is 13.0. The minimum absolute atomic E-state index is 0.130. The molecule has 4 aromatic heterocycles. The molecule has 0 aromatic carbocycles. The van der Waals surface area contributed by atoms with E-state index in [0.29, 0.717) is 23.3 Å². The molecule has 1 aliphatic rings.